The van der Waals surface area contributed by atoms with Crippen molar-refractivity contribution in [3.63, 3.8) is 0 Å². The third-order valence-corrected chi connectivity index (χ3v) is 2.77. The Morgan fingerprint density at radius 2 is 2.14 bits per heavy atom. The molecule has 0 aliphatic rings. The molecule has 0 spiro atoms. The molecule has 0 saturated heterocycles. The van der Waals surface area contributed by atoms with Gasteiger partial charge in [0.05, 0.1) is 5.69 Å². The second kappa shape index (κ2) is 4.46. The topological polar surface area (TPSA) is 20.3 Å². The molecule has 0 radical (unpaired) electrons. The van der Waals surface area contributed by atoms with Gasteiger partial charge >= 0.3 is 0 Å². The molecule has 4 heteroatoms. The average molecular weight is 213 g/mol. The highest BCUT2D eigenvalue weighted by Crippen LogP contribution is 2.29. The minimum atomic E-state index is -0.286. The molecule has 0 fully saturated rings. The number of amides is 1. The van der Waals surface area contributed by atoms with Gasteiger partial charge in [-0.25, -0.2) is 4.39 Å². The van der Waals surface area contributed by atoms with Crippen LogP contribution in [0, 0.1) is 12.7 Å². The summed E-state index contributed by atoms with van der Waals surface area (Å²) in [7, 11) is 1.61. The fourth-order valence-corrected chi connectivity index (χ4v) is 1.85. The summed E-state index contributed by atoms with van der Waals surface area (Å²) in [6.45, 7) is 1.71. The highest BCUT2D eigenvalue weighted by atomic mass is 32.2. The van der Waals surface area contributed by atoms with Crippen molar-refractivity contribution in [1.82, 2.24) is 0 Å². The molecule has 1 aromatic rings. The van der Waals surface area contributed by atoms with Crippen LogP contribution < -0.4 is 4.90 Å². The summed E-state index contributed by atoms with van der Waals surface area (Å²) < 4.78 is 13.2. The van der Waals surface area contributed by atoms with Crippen LogP contribution in [0.5, 0.6) is 0 Å². The van der Waals surface area contributed by atoms with E-state index in [1.165, 1.54) is 22.7 Å². The maximum atomic E-state index is 13.2. The molecule has 1 aromatic carbocycles. The molecule has 0 unspecified atom stereocenters. The van der Waals surface area contributed by atoms with E-state index in [0.717, 1.165) is 4.90 Å². The van der Waals surface area contributed by atoms with Crippen molar-refractivity contribution in [2.75, 3.05) is 18.2 Å². The molecule has 0 aliphatic carbocycles. The van der Waals surface area contributed by atoms with Crippen LogP contribution in [0.4, 0.5) is 10.1 Å². The van der Waals surface area contributed by atoms with Crippen molar-refractivity contribution >= 4 is 23.9 Å². The lowest BCUT2D eigenvalue weighted by atomic mass is 10.2. The molecule has 1 amide bonds. The van der Waals surface area contributed by atoms with Crippen molar-refractivity contribution in [3.05, 3.63) is 23.5 Å². The van der Waals surface area contributed by atoms with E-state index in [1.807, 2.05) is 6.26 Å². The number of benzene rings is 1. The zero-order valence-electron chi connectivity index (χ0n) is 8.37. The van der Waals surface area contributed by atoms with Crippen LogP contribution in [-0.2, 0) is 4.79 Å². The Kier molecular flexibility index (Phi) is 3.52. The number of carbonyl (C=O) groups excluding carboxylic acids is 1. The van der Waals surface area contributed by atoms with Crippen molar-refractivity contribution in [2.24, 2.45) is 0 Å². The lowest BCUT2D eigenvalue weighted by Crippen LogP contribution is -2.15. The van der Waals surface area contributed by atoms with E-state index in [2.05, 4.69) is 0 Å². The Morgan fingerprint density at radius 3 is 2.64 bits per heavy atom. The fourth-order valence-electron chi connectivity index (χ4n) is 1.14. The summed E-state index contributed by atoms with van der Waals surface area (Å²) in [6.07, 6.45) is 2.57. The van der Waals surface area contributed by atoms with E-state index < -0.39 is 0 Å². The number of anilines is 1. The number of hydrogen-bond donors (Lipinski definition) is 0. The first-order valence-electron chi connectivity index (χ1n) is 4.12. The van der Waals surface area contributed by atoms with Crippen molar-refractivity contribution in [3.8, 4) is 0 Å². The molecule has 1 rings (SSSR count). The molecular weight excluding hydrogens is 201 g/mol. The van der Waals surface area contributed by atoms with Gasteiger partial charge in [-0.1, -0.05) is 0 Å². The van der Waals surface area contributed by atoms with Gasteiger partial charge in [-0.3, -0.25) is 4.79 Å². The van der Waals surface area contributed by atoms with Crippen LogP contribution in [0.2, 0.25) is 0 Å². The van der Waals surface area contributed by atoms with E-state index in [4.69, 9.17) is 0 Å². The fraction of sp³-hybridized carbons (Fsp3) is 0.300. The largest absolute Gasteiger partial charge is 0.317 e. The molecule has 0 heterocycles. The molecule has 0 saturated carbocycles. The van der Waals surface area contributed by atoms with E-state index in [9.17, 15) is 9.18 Å². The first-order valence-corrected chi connectivity index (χ1v) is 5.35. The second-order valence-electron chi connectivity index (χ2n) is 2.99. The first-order chi connectivity index (χ1) is 6.60. The van der Waals surface area contributed by atoms with Crippen LogP contribution in [0.25, 0.3) is 0 Å². The summed E-state index contributed by atoms with van der Waals surface area (Å²) in [4.78, 5) is 12.8. The predicted molar refractivity (Wildman–Crippen MR) is 57.4 cm³/mol. The molecule has 14 heavy (non-hydrogen) atoms. The molecular formula is C10H12FNOS. The highest BCUT2D eigenvalue weighted by Gasteiger charge is 2.09. The monoisotopic (exact) mass is 213 g/mol. The van der Waals surface area contributed by atoms with Crippen molar-refractivity contribution in [2.45, 2.75) is 11.8 Å². The van der Waals surface area contributed by atoms with E-state index in [1.54, 1.807) is 20.0 Å². The van der Waals surface area contributed by atoms with Gasteiger partial charge in [-0.05, 0) is 30.9 Å². The first kappa shape index (κ1) is 11.0. The van der Waals surface area contributed by atoms with Crippen molar-refractivity contribution in [1.29, 1.82) is 0 Å². The molecule has 0 aliphatic heterocycles. The number of thioether (sulfide) groups is 1. The van der Waals surface area contributed by atoms with Crippen LogP contribution in [-0.4, -0.2) is 19.7 Å². The molecule has 0 bridgehead atoms. The number of halogens is 1. The van der Waals surface area contributed by atoms with Gasteiger partial charge in [-0.2, -0.15) is 0 Å². The molecule has 0 atom stereocenters. The van der Waals surface area contributed by atoms with E-state index in [-0.39, 0.29) is 5.82 Å². The highest BCUT2D eigenvalue weighted by molar-refractivity contribution is 7.98. The van der Waals surface area contributed by atoms with Crippen LogP contribution in [0.15, 0.2) is 17.0 Å². The summed E-state index contributed by atoms with van der Waals surface area (Å²) in [5.74, 6) is -0.286. The molecule has 0 aromatic heterocycles. The Morgan fingerprint density at radius 1 is 1.50 bits per heavy atom. The quantitative estimate of drug-likeness (QED) is 0.568. The Balaban J connectivity index is 3.26. The zero-order valence-corrected chi connectivity index (χ0v) is 9.19. The van der Waals surface area contributed by atoms with Gasteiger partial charge in [0.25, 0.3) is 0 Å². The van der Waals surface area contributed by atoms with Gasteiger partial charge in [0, 0.05) is 11.9 Å². The summed E-state index contributed by atoms with van der Waals surface area (Å²) >= 11 is 1.49. The van der Waals surface area contributed by atoms with Crippen LogP contribution >= 0.6 is 11.8 Å². The lowest BCUT2D eigenvalue weighted by molar-refractivity contribution is -0.107. The molecule has 0 N–H and O–H groups in total. The Labute approximate surface area is 87.1 Å². The second-order valence-corrected chi connectivity index (χ2v) is 3.84. The van der Waals surface area contributed by atoms with Crippen molar-refractivity contribution < 1.29 is 9.18 Å². The number of nitrogens with zero attached hydrogens (tertiary/aromatic N) is 1. The predicted octanol–water partition coefficient (Wildman–Crippen LogP) is 2.45. The van der Waals surface area contributed by atoms with Gasteiger partial charge in [0.15, 0.2) is 0 Å². The molecule has 76 valence electrons. The van der Waals surface area contributed by atoms with Gasteiger partial charge in [-0.15, -0.1) is 11.8 Å². The van der Waals surface area contributed by atoms with Gasteiger partial charge in [0.2, 0.25) is 6.41 Å². The normalized spacial score (nSPS) is 10.0. The zero-order chi connectivity index (χ0) is 10.7. The standard InChI is InChI=1S/C10H12FNOS/c1-7-4-10(14-3)9(5-8(7)11)12(2)6-13/h4-6H,1-3H3. The van der Waals surface area contributed by atoms with E-state index in [0.29, 0.717) is 17.7 Å². The third-order valence-electron chi connectivity index (χ3n) is 2.00. The number of hydrogen-bond acceptors (Lipinski definition) is 2. The van der Waals surface area contributed by atoms with Crippen LogP contribution in [0.3, 0.4) is 0 Å². The van der Waals surface area contributed by atoms with Gasteiger partial charge in [0.1, 0.15) is 5.82 Å². The Hall–Kier alpha value is -1.03. The minimum Gasteiger partial charge on any atom is -0.317 e. The third kappa shape index (κ3) is 2.07. The average Bonchev–Trinajstić information content (AvgIpc) is 2.20. The smallest absolute Gasteiger partial charge is 0.213 e. The summed E-state index contributed by atoms with van der Waals surface area (Å²) in [5.41, 5.74) is 1.20. The maximum absolute atomic E-state index is 13.2. The number of rotatable bonds is 3. The minimum absolute atomic E-state index is 0.286. The van der Waals surface area contributed by atoms with Gasteiger partial charge < -0.3 is 4.90 Å². The molecule has 2 nitrogen and oxygen atoms in total. The number of carbonyl (C=O) groups is 1. The summed E-state index contributed by atoms with van der Waals surface area (Å²) in [5, 5.41) is 0. The maximum Gasteiger partial charge on any atom is 0.213 e. The van der Waals surface area contributed by atoms with Crippen LogP contribution in [0.1, 0.15) is 5.56 Å². The SMILES string of the molecule is CSc1cc(C)c(F)cc1N(C)C=O. The Bertz CT molecular complexity index is 354. The van der Waals surface area contributed by atoms with E-state index >= 15 is 0 Å². The lowest BCUT2D eigenvalue weighted by Gasteiger charge is -2.15. The number of aryl methyl sites for hydroxylation is 1. The summed E-state index contributed by atoms with van der Waals surface area (Å²) in [6, 6.07) is 3.13.